The van der Waals surface area contributed by atoms with Crippen LogP contribution in [0.3, 0.4) is 0 Å². The summed E-state index contributed by atoms with van der Waals surface area (Å²) in [6.45, 7) is 1.52. The number of benzene rings is 2. The van der Waals surface area contributed by atoms with Gasteiger partial charge < -0.3 is 10.4 Å². The fraction of sp³-hybridized carbons (Fsp3) is 0.267. The standard InChI is InChI=1S/C15H15NO2S/c17-14(18)8-15(9-16-10-15)19-13-6-5-11-3-1-2-4-12(11)7-13/h1-7,16H,8-10H2,(H,17,18). The van der Waals surface area contributed by atoms with Gasteiger partial charge >= 0.3 is 5.97 Å². The first-order valence-corrected chi connectivity index (χ1v) is 7.09. The number of thioether (sulfide) groups is 1. The average molecular weight is 273 g/mol. The predicted molar refractivity (Wildman–Crippen MR) is 77.7 cm³/mol. The van der Waals surface area contributed by atoms with Crippen molar-refractivity contribution in [3.63, 3.8) is 0 Å². The number of aliphatic carboxylic acids is 1. The fourth-order valence-corrected chi connectivity index (χ4v) is 3.76. The molecule has 3 nitrogen and oxygen atoms in total. The molecule has 2 N–H and O–H groups in total. The molecule has 0 bridgehead atoms. The minimum Gasteiger partial charge on any atom is -0.481 e. The number of carboxylic acids is 1. The highest BCUT2D eigenvalue weighted by Crippen LogP contribution is 2.39. The molecule has 4 heteroatoms. The van der Waals surface area contributed by atoms with Crippen LogP contribution in [0.2, 0.25) is 0 Å². The Morgan fingerprint density at radius 2 is 1.95 bits per heavy atom. The number of carbonyl (C=O) groups is 1. The summed E-state index contributed by atoms with van der Waals surface area (Å²) < 4.78 is -0.186. The number of fused-ring (bicyclic) bond motifs is 1. The van der Waals surface area contributed by atoms with Gasteiger partial charge in [-0.1, -0.05) is 30.3 Å². The molecule has 0 atom stereocenters. The number of carboxylic acid groups (broad SMARTS) is 1. The molecule has 1 aliphatic rings. The Bertz CT molecular complexity index is 622. The molecular formula is C15H15NO2S. The summed E-state index contributed by atoms with van der Waals surface area (Å²) in [6, 6.07) is 14.5. The van der Waals surface area contributed by atoms with Crippen LogP contribution in [-0.2, 0) is 4.79 Å². The van der Waals surface area contributed by atoms with E-state index in [2.05, 4.69) is 35.6 Å². The second-order valence-corrected chi connectivity index (χ2v) is 6.51. The van der Waals surface area contributed by atoms with Crippen molar-refractivity contribution in [3.05, 3.63) is 42.5 Å². The van der Waals surface area contributed by atoms with Gasteiger partial charge in [-0.05, 0) is 22.9 Å². The van der Waals surface area contributed by atoms with Gasteiger partial charge in [0.25, 0.3) is 0 Å². The van der Waals surface area contributed by atoms with Crippen LogP contribution in [0.15, 0.2) is 47.4 Å². The van der Waals surface area contributed by atoms with Gasteiger partial charge in [0.2, 0.25) is 0 Å². The second kappa shape index (κ2) is 4.87. The van der Waals surface area contributed by atoms with Crippen LogP contribution < -0.4 is 5.32 Å². The maximum atomic E-state index is 11.0. The topological polar surface area (TPSA) is 49.3 Å². The molecule has 2 aromatic rings. The van der Waals surface area contributed by atoms with Crippen molar-refractivity contribution in [1.82, 2.24) is 5.32 Å². The van der Waals surface area contributed by atoms with E-state index in [-0.39, 0.29) is 11.2 Å². The molecule has 0 spiro atoms. The molecule has 1 heterocycles. The normalized spacial score (nSPS) is 17.1. The van der Waals surface area contributed by atoms with Gasteiger partial charge in [-0.15, -0.1) is 11.8 Å². The summed E-state index contributed by atoms with van der Waals surface area (Å²) in [6.07, 6.45) is 0.206. The lowest BCUT2D eigenvalue weighted by atomic mass is 9.98. The van der Waals surface area contributed by atoms with E-state index in [1.165, 1.54) is 10.8 Å². The van der Waals surface area contributed by atoms with E-state index < -0.39 is 5.97 Å². The Morgan fingerprint density at radius 3 is 2.58 bits per heavy atom. The van der Waals surface area contributed by atoms with Gasteiger partial charge in [0.15, 0.2) is 0 Å². The maximum Gasteiger partial charge on any atom is 0.304 e. The third-order valence-corrected chi connectivity index (χ3v) is 4.78. The molecule has 1 aliphatic heterocycles. The molecule has 19 heavy (non-hydrogen) atoms. The summed E-state index contributed by atoms with van der Waals surface area (Å²) >= 11 is 1.68. The number of nitrogens with one attached hydrogen (secondary N) is 1. The number of rotatable bonds is 4. The quantitative estimate of drug-likeness (QED) is 0.899. The smallest absolute Gasteiger partial charge is 0.304 e. The summed E-state index contributed by atoms with van der Waals surface area (Å²) in [5.74, 6) is -0.727. The fourth-order valence-electron chi connectivity index (χ4n) is 2.39. The van der Waals surface area contributed by atoms with Crippen molar-refractivity contribution < 1.29 is 9.90 Å². The lowest BCUT2D eigenvalue weighted by Crippen LogP contribution is -2.57. The highest BCUT2D eigenvalue weighted by Gasteiger charge is 2.40. The Balaban J connectivity index is 1.86. The molecule has 0 aliphatic carbocycles. The highest BCUT2D eigenvalue weighted by molar-refractivity contribution is 8.00. The van der Waals surface area contributed by atoms with Gasteiger partial charge in [-0.25, -0.2) is 0 Å². The molecule has 1 saturated heterocycles. The molecule has 0 aromatic heterocycles. The van der Waals surface area contributed by atoms with Gasteiger partial charge in [-0.3, -0.25) is 4.79 Å². The summed E-state index contributed by atoms with van der Waals surface area (Å²) in [7, 11) is 0. The molecule has 2 aromatic carbocycles. The van der Waals surface area contributed by atoms with E-state index in [1.54, 1.807) is 11.8 Å². The van der Waals surface area contributed by atoms with Crippen LogP contribution in [0.25, 0.3) is 10.8 Å². The maximum absolute atomic E-state index is 11.0. The minimum atomic E-state index is -0.727. The van der Waals surface area contributed by atoms with E-state index in [0.717, 1.165) is 18.0 Å². The molecular weight excluding hydrogens is 258 g/mol. The molecule has 0 saturated carbocycles. The zero-order valence-electron chi connectivity index (χ0n) is 10.4. The predicted octanol–water partition coefficient (Wildman–Crippen LogP) is 2.75. The average Bonchev–Trinajstić information content (AvgIpc) is 2.35. The van der Waals surface area contributed by atoms with Crippen LogP contribution in [0, 0.1) is 0 Å². The second-order valence-electron chi connectivity index (χ2n) is 4.97. The third-order valence-electron chi connectivity index (χ3n) is 3.42. The van der Waals surface area contributed by atoms with Crippen molar-refractivity contribution in [2.24, 2.45) is 0 Å². The highest BCUT2D eigenvalue weighted by atomic mass is 32.2. The van der Waals surface area contributed by atoms with Crippen molar-refractivity contribution in [1.29, 1.82) is 0 Å². The Morgan fingerprint density at radius 1 is 1.21 bits per heavy atom. The van der Waals surface area contributed by atoms with Crippen LogP contribution in [0.1, 0.15) is 6.42 Å². The first-order valence-electron chi connectivity index (χ1n) is 6.27. The van der Waals surface area contributed by atoms with Gasteiger partial charge in [0.1, 0.15) is 0 Å². The van der Waals surface area contributed by atoms with E-state index in [4.69, 9.17) is 5.11 Å². The van der Waals surface area contributed by atoms with E-state index in [0.29, 0.717) is 0 Å². The molecule has 0 unspecified atom stereocenters. The van der Waals surface area contributed by atoms with Crippen LogP contribution in [-0.4, -0.2) is 28.9 Å². The number of hydrogen-bond donors (Lipinski definition) is 2. The van der Waals surface area contributed by atoms with Gasteiger partial charge in [0, 0.05) is 18.0 Å². The lowest BCUT2D eigenvalue weighted by molar-refractivity contribution is -0.138. The molecule has 98 valence electrons. The Kier molecular flexibility index (Phi) is 3.21. The summed E-state index contributed by atoms with van der Waals surface area (Å²) in [4.78, 5) is 12.1. The molecule has 0 radical (unpaired) electrons. The first-order chi connectivity index (χ1) is 9.17. The van der Waals surface area contributed by atoms with E-state index in [1.807, 2.05) is 12.1 Å². The van der Waals surface area contributed by atoms with Crippen molar-refractivity contribution >= 4 is 28.5 Å². The zero-order valence-corrected chi connectivity index (χ0v) is 11.2. The Labute approximate surface area is 116 Å². The minimum absolute atomic E-state index is 0.186. The molecule has 0 amide bonds. The lowest BCUT2D eigenvalue weighted by Gasteiger charge is -2.40. The van der Waals surface area contributed by atoms with Gasteiger partial charge in [0.05, 0.1) is 11.2 Å². The monoisotopic (exact) mass is 273 g/mol. The van der Waals surface area contributed by atoms with Crippen molar-refractivity contribution in [2.45, 2.75) is 16.1 Å². The van der Waals surface area contributed by atoms with E-state index in [9.17, 15) is 4.79 Å². The van der Waals surface area contributed by atoms with Gasteiger partial charge in [-0.2, -0.15) is 0 Å². The number of hydrogen-bond acceptors (Lipinski definition) is 3. The third kappa shape index (κ3) is 2.60. The SMILES string of the molecule is O=C(O)CC1(Sc2ccc3ccccc3c2)CNC1. The van der Waals surface area contributed by atoms with Crippen LogP contribution >= 0.6 is 11.8 Å². The van der Waals surface area contributed by atoms with E-state index >= 15 is 0 Å². The summed E-state index contributed by atoms with van der Waals surface area (Å²) in [5, 5.41) is 14.6. The van der Waals surface area contributed by atoms with Crippen molar-refractivity contribution in [3.8, 4) is 0 Å². The van der Waals surface area contributed by atoms with Crippen molar-refractivity contribution in [2.75, 3.05) is 13.1 Å². The molecule has 1 fully saturated rings. The zero-order chi connectivity index (χ0) is 13.3. The van der Waals surface area contributed by atoms with Crippen LogP contribution in [0.4, 0.5) is 0 Å². The Hall–Kier alpha value is -1.52. The largest absolute Gasteiger partial charge is 0.481 e. The molecule has 3 rings (SSSR count). The first kappa shape index (κ1) is 12.5. The van der Waals surface area contributed by atoms with Crippen LogP contribution in [0.5, 0.6) is 0 Å². The summed E-state index contributed by atoms with van der Waals surface area (Å²) in [5.41, 5.74) is 0.